The smallest absolute Gasteiger partial charge is 0.269 e. The topological polar surface area (TPSA) is 76.0 Å². The highest BCUT2D eigenvalue weighted by molar-refractivity contribution is 7.90. The first-order valence-corrected chi connectivity index (χ1v) is 11.1. The molecule has 154 valence electrons. The van der Waals surface area contributed by atoms with Gasteiger partial charge in [-0.15, -0.1) is 0 Å². The van der Waals surface area contributed by atoms with Gasteiger partial charge in [-0.05, 0) is 62.4 Å². The highest BCUT2D eigenvalue weighted by Crippen LogP contribution is 2.30. The molecule has 0 aliphatic carbocycles. The number of pyridine rings is 1. The van der Waals surface area contributed by atoms with Gasteiger partial charge in [-0.2, -0.15) is 0 Å². The molecule has 0 amide bonds. The molecule has 0 atom stereocenters. The Balaban J connectivity index is 1.85. The highest BCUT2D eigenvalue weighted by Gasteiger charge is 2.21. The van der Waals surface area contributed by atoms with Crippen LogP contribution in [0.15, 0.2) is 72.0 Å². The van der Waals surface area contributed by atoms with Crippen LogP contribution in [0, 0.1) is 13.8 Å². The van der Waals surface area contributed by atoms with Crippen molar-refractivity contribution >= 4 is 32.3 Å². The predicted molar refractivity (Wildman–Crippen MR) is 121 cm³/mol. The van der Waals surface area contributed by atoms with E-state index < -0.39 is 10.0 Å². The summed E-state index contributed by atoms with van der Waals surface area (Å²) in [5, 5.41) is 7.42. The van der Waals surface area contributed by atoms with Gasteiger partial charge in [0.1, 0.15) is 4.90 Å². The Kier molecular flexibility index (Phi) is 5.32. The lowest BCUT2D eigenvalue weighted by atomic mass is 10.1. The molecule has 4 rings (SSSR count). The number of benzene rings is 2. The van der Waals surface area contributed by atoms with Crippen molar-refractivity contribution in [3.63, 3.8) is 0 Å². The maximum Gasteiger partial charge on any atom is 0.269 e. The summed E-state index contributed by atoms with van der Waals surface area (Å²) in [4.78, 5) is 4.13. The van der Waals surface area contributed by atoms with Crippen LogP contribution in [0.5, 0.6) is 0 Å². The zero-order valence-corrected chi connectivity index (χ0v) is 18.0. The quantitative estimate of drug-likeness (QED) is 0.485. The fraction of sp³-hybridized carbons (Fsp3) is 0.174. The average molecular weight is 421 g/mol. The summed E-state index contributed by atoms with van der Waals surface area (Å²) in [5.74, 6) is 0. The predicted octanol–water partition coefficient (Wildman–Crippen LogP) is 4.35. The molecule has 2 aromatic carbocycles. The van der Waals surface area contributed by atoms with Crippen LogP contribution < -0.4 is 10.6 Å². The van der Waals surface area contributed by atoms with Crippen molar-refractivity contribution in [3.05, 3.63) is 83.8 Å². The first-order chi connectivity index (χ1) is 14.4. The monoisotopic (exact) mass is 420 g/mol. The molecule has 0 bridgehead atoms. The van der Waals surface area contributed by atoms with E-state index in [2.05, 4.69) is 41.6 Å². The number of nitrogens with zero attached hydrogens (tertiary/aromatic N) is 2. The molecule has 7 heteroatoms. The van der Waals surface area contributed by atoms with Crippen molar-refractivity contribution in [2.75, 3.05) is 12.4 Å². The first-order valence-electron chi connectivity index (χ1n) is 9.68. The molecule has 0 aliphatic rings. The minimum atomic E-state index is -3.77. The van der Waals surface area contributed by atoms with Crippen LogP contribution >= 0.6 is 0 Å². The fourth-order valence-corrected chi connectivity index (χ4v) is 4.94. The SMILES string of the molecule is CNCc1cn(S(=O)(=O)c2cccnc2)c2cc(Nc3ccc(C)cc3C)ccc12. The maximum absolute atomic E-state index is 13.3. The van der Waals surface area contributed by atoms with Gasteiger partial charge >= 0.3 is 0 Å². The van der Waals surface area contributed by atoms with Crippen LogP contribution in [0.2, 0.25) is 0 Å². The Bertz CT molecular complexity index is 1310. The molecule has 0 radical (unpaired) electrons. The van der Waals surface area contributed by atoms with E-state index in [1.54, 1.807) is 24.5 Å². The molecular formula is C23H24N4O2S. The van der Waals surface area contributed by atoms with Crippen molar-refractivity contribution < 1.29 is 8.42 Å². The lowest BCUT2D eigenvalue weighted by molar-refractivity contribution is 0.588. The summed E-state index contributed by atoms with van der Waals surface area (Å²) in [5.41, 5.74) is 5.68. The number of anilines is 2. The van der Waals surface area contributed by atoms with Crippen LogP contribution in [0.4, 0.5) is 11.4 Å². The van der Waals surface area contributed by atoms with Crippen LogP contribution in [0.25, 0.3) is 10.9 Å². The number of aryl methyl sites for hydroxylation is 2. The van der Waals surface area contributed by atoms with Crippen molar-refractivity contribution in [1.29, 1.82) is 0 Å². The molecule has 2 N–H and O–H groups in total. The van der Waals surface area contributed by atoms with E-state index >= 15 is 0 Å². The normalized spacial score (nSPS) is 11.7. The molecule has 0 fully saturated rings. The summed E-state index contributed by atoms with van der Waals surface area (Å²) < 4.78 is 28.0. The minimum absolute atomic E-state index is 0.158. The molecule has 2 heterocycles. The van der Waals surface area contributed by atoms with E-state index in [-0.39, 0.29) is 4.90 Å². The molecule has 0 aliphatic heterocycles. The van der Waals surface area contributed by atoms with E-state index in [4.69, 9.17) is 0 Å². The second kappa shape index (κ2) is 7.93. The van der Waals surface area contributed by atoms with Crippen molar-refractivity contribution in [3.8, 4) is 0 Å². The van der Waals surface area contributed by atoms with Gasteiger partial charge in [0.05, 0.1) is 5.52 Å². The van der Waals surface area contributed by atoms with Gasteiger partial charge in [0.2, 0.25) is 0 Å². The number of rotatable bonds is 6. The Morgan fingerprint density at radius 2 is 1.90 bits per heavy atom. The third-order valence-electron chi connectivity index (χ3n) is 5.07. The fourth-order valence-electron chi connectivity index (χ4n) is 3.60. The average Bonchev–Trinajstić information content (AvgIpc) is 3.10. The Labute approximate surface area is 176 Å². The zero-order valence-electron chi connectivity index (χ0n) is 17.2. The number of aromatic nitrogens is 2. The van der Waals surface area contributed by atoms with Gasteiger partial charge in [-0.1, -0.05) is 23.8 Å². The van der Waals surface area contributed by atoms with Crippen LogP contribution in [-0.2, 0) is 16.6 Å². The van der Waals surface area contributed by atoms with Crippen LogP contribution in [-0.4, -0.2) is 24.4 Å². The highest BCUT2D eigenvalue weighted by atomic mass is 32.2. The molecule has 0 spiro atoms. The van der Waals surface area contributed by atoms with Gasteiger partial charge < -0.3 is 10.6 Å². The third-order valence-corrected chi connectivity index (χ3v) is 6.73. The summed E-state index contributed by atoms with van der Waals surface area (Å²) in [7, 11) is -1.93. The minimum Gasteiger partial charge on any atom is -0.355 e. The number of hydrogen-bond donors (Lipinski definition) is 2. The summed E-state index contributed by atoms with van der Waals surface area (Å²) in [6.07, 6.45) is 4.62. The van der Waals surface area contributed by atoms with Crippen LogP contribution in [0.1, 0.15) is 16.7 Å². The largest absolute Gasteiger partial charge is 0.355 e. The molecule has 0 saturated heterocycles. The zero-order chi connectivity index (χ0) is 21.3. The van der Waals surface area contributed by atoms with Gasteiger partial charge in [-0.25, -0.2) is 12.4 Å². The second-order valence-corrected chi connectivity index (χ2v) is 9.16. The first kappa shape index (κ1) is 20.1. The molecule has 2 aromatic heterocycles. The molecule has 6 nitrogen and oxygen atoms in total. The van der Waals surface area contributed by atoms with Crippen LogP contribution in [0.3, 0.4) is 0 Å². The maximum atomic E-state index is 13.3. The third kappa shape index (κ3) is 3.69. The standard InChI is InChI=1S/C23H24N4O2S/c1-16-6-9-22(17(2)11-16)26-19-7-8-21-18(13-24-3)15-27(23(21)12-19)30(28,29)20-5-4-10-25-14-20/h4-12,14-15,24,26H,13H2,1-3H3. The summed E-state index contributed by atoms with van der Waals surface area (Å²) in [6.45, 7) is 4.67. The van der Waals surface area contributed by atoms with Gasteiger partial charge in [0.15, 0.2) is 0 Å². The van der Waals surface area contributed by atoms with Crippen molar-refractivity contribution in [2.45, 2.75) is 25.3 Å². The Morgan fingerprint density at radius 1 is 1.07 bits per heavy atom. The number of hydrogen-bond acceptors (Lipinski definition) is 5. The molecular weight excluding hydrogens is 396 g/mol. The van der Waals surface area contributed by atoms with E-state index in [9.17, 15) is 8.42 Å². The van der Waals surface area contributed by atoms with Crippen molar-refractivity contribution in [2.24, 2.45) is 0 Å². The second-order valence-electron chi connectivity index (χ2n) is 7.35. The molecule has 0 saturated carbocycles. The van der Waals surface area contributed by atoms with E-state index in [1.807, 2.05) is 31.3 Å². The van der Waals surface area contributed by atoms with Crippen molar-refractivity contribution in [1.82, 2.24) is 14.3 Å². The lowest BCUT2D eigenvalue weighted by Crippen LogP contribution is -2.12. The van der Waals surface area contributed by atoms with Gasteiger partial charge in [0, 0.05) is 41.9 Å². The van der Waals surface area contributed by atoms with E-state index in [1.165, 1.54) is 15.7 Å². The number of nitrogens with one attached hydrogen (secondary N) is 2. The van der Waals surface area contributed by atoms with E-state index in [0.717, 1.165) is 27.9 Å². The molecule has 30 heavy (non-hydrogen) atoms. The van der Waals surface area contributed by atoms with Gasteiger partial charge in [-0.3, -0.25) is 4.98 Å². The van der Waals surface area contributed by atoms with E-state index in [0.29, 0.717) is 12.1 Å². The Hall–Kier alpha value is -3.16. The lowest BCUT2D eigenvalue weighted by Gasteiger charge is -2.12. The van der Waals surface area contributed by atoms with Gasteiger partial charge in [0.25, 0.3) is 10.0 Å². The summed E-state index contributed by atoms with van der Waals surface area (Å²) >= 11 is 0. The Morgan fingerprint density at radius 3 is 2.60 bits per heavy atom. The molecule has 0 unspecified atom stereocenters. The summed E-state index contributed by atoms with van der Waals surface area (Å²) in [6, 6.07) is 15.2. The number of fused-ring (bicyclic) bond motifs is 1. The molecule has 4 aromatic rings.